The van der Waals surface area contributed by atoms with Crippen LogP contribution in [0.5, 0.6) is 0 Å². The van der Waals surface area contributed by atoms with Gasteiger partial charge in [-0.25, -0.2) is 4.79 Å². The van der Waals surface area contributed by atoms with Crippen molar-refractivity contribution in [3.05, 3.63) is 12.7 Å². The average Bonchev–Trinajstić information content (AvgIpc) is 2.26. The fourth-order valence-electron chi connectivity index (χ4n) is 2.32. The van der Waals surface area contributed by atoms with Crippen molar-refractivity contribution in [2.75, 3.05) is 0 Å². The van der Waals surface area contributed by atoms with Gasteiger partial charge < -0.3 is 10.5 Å². The maximum absolute atomic E-state index is 11.2. The third kappa shape index (κ3) is 6.80. The molecule has 0 aromatic heterocycles. The van der Waals surface area contributed by atoms with E-state index in [1.54, 1.807) is 0 Å². The van der Waals surface area contributed by atoms with Gasteiger partial charge in [-0.05, 0) is 27.2 Å². The second-order valence-corrected chi connectivity index (χ2v) is 5.62. The summed E-state index contributed by atoms with van der Waals surface area (Å²) < 4.78 is 5.31. The number of esters is 1. The summed E-state index contributed by atoms with van der Waals surface area (Å²) in [6.45, 7) is 11.5. The van der Waals surface area contributed by atoms with Crippen molar-refractivity contribution in [3.63, 3.8) is 0 Å². The van der Waals surface area contributed by atoms with E-state index in [4.69, 9.17) is 10.5 Å². The van der Waals surface area contributed by atoms with Crippen LogP contribution in [0.2, 0.25) is 0 Å². The lowest BCUT2D eigenvalue weighted by molar-refractivity contribution is -0.145. The molecule has 0 rings (SSSR count). The fourth-order valence-corrected chi connectivity index (χ4v) is 2.32. The Balaban J connectivity index is 4.39. The predicted molar refractivity (Wildman–Crippen MR) is 76.3 cm³/mol. The summed E-state index contributed by atoms with van der Waals surface area (Å²) in [5.74, 6) is -0.191. The Morgan fingerprint density at radius 3 is 2.44 bits per heavy atom. The molecule has 0 spiro atoms. The summed E-state index contributed by atoms with van der Waals surface area (Å²) in [7, 11) is 0. The van der Waals surface area contributed by atoms with Crippen LogP contribution in [-0.4, -0.2) is 17.6 Å². The van der Waals surface area contributed by atoms with Gasteiger partial charge in [-0.1, -0.05) is 39.2 Å². The Labute approximate surface area is 112 Å². The van der Waals surface area contributed by atoms with Gasteiger partial charge in [0.25, 0.3) is 0 Å². The SMILES string of the molecule is C=CC(=O)OC(C)C(CCCCCC)C(C)(C)N. The number of hydrogen-bond donors (Lipinski definition) is 1. The van der Waals surface area contributed by atoms with Crippen LogP contribution in [0.25, 0.3) is 0 Å². The molecule has 3 nitrogen and oxygen atoms in total. The highest BCUT2D eigenvalue weighted by atomic mass is 16.5. The molecule has 0 radical (unpaired) electrons. The molecule has 3 heteroatoms. The molecule has 0 aliphatic rings. The molecule has 0 saturated heterocycles. The molecule has 0 aliphatic carbocycles. The van der Waals surface area contributed by atoms with E-state index in [1.807, 2.05) is 20.8 Å². The summed E-state index contributed by atoms with van der Waals surface area (Å²) >= 11 is 0. The minimum atomic E-state index is -0.370. The number of unbranched alkanes of at least 4 members (excludes halogenated alkanes) is 3. The highest BCUT2D eigenvalue weighted by Crippen LogP contribution is 2.26. The summed E-state index contributed by atoms with van der Waals surface area (Å²) in [5.41, 5.74) is 5.86. The average molecular weight is 255 g/mol. The van der Waals surface area contributed by atoms with Gasteiger partial charge >= 0.3 is 5.97 Å². The first-order valence-electron chi connectivity index (χ1n) is 6.94. The Hall–Kier alpha value is -0.830. The third-order valence-electron chi connectivity index (χ3n) is 3.36. The van der Waals surface area contributed by atoms with E-state index in [9.17, 15) is 4.79 Å². The highest BCUT2D eigenvalue weighted by Gasteiger charge is 2.31. The van der Waals surface area contributed by atoms with Gasteiger partial charge in [0.05, 0.1) is 0 Å². The van der Waals surface area contributed by atoms with E-state index in [0.29, 0.717) is 0 Å². The van der Waals surface area contributed by atoms with E-state index >= 15 is 0 Å². The molecule has 0 saturated carbocycles. The van der Waals surface area contributed by atoms with Gasteiger partial charge in [0, 0.05) is 17.5 Å². The van der Waals surface area contributed by atoms with Crippen molar-refractivity contribution in [1.29, 1.82) is 0 Å². The van der Waals surface area contributed by atoms with E-state index < -0.39 is 0 Å². The van der Waals surface area contributed by atoms with E-state index in [1.165, 1.54) is 25.3 Å². The third-order valence-corrected chi connectivity index (χ3v) is 3.36. The number of nitrogens with two attached hydrogens (primary N) is 1. The summed E-state index contributed by atoms with van der Waals surface area (Å²) in [4.78, 5) is 11.2. The maximum atomic E-state index is 11.2. The maximum Gasteiger partial charge on any atom is 0.330 e. The van der Waals surface area contributed by atoms with E-state index in [0.717, 1.165) is 12.8 Å². The second kappa shape index (κ2) is 8.30. The lowest BCUT2D eigenvalue weighted by Crippen LogP contribution is -2.47. The van der Waals surface area contributed by atoms with Crippen LogP contribution in [0.4, 0.5) is 0 Å². The molecule has 0 fully saturated rings. The quantitative estimate of drug-likeness (QED) is 0.390. The lowest BCUT2D eigenvalue weighted by atomic mass is 9.80. The minimum Gasteiger partial charge on any atom is -0.459 e. The molecule has 2 atom stereocenters. The van der Waals surface area contributed by atoms with Crippen LogP contribution in [0.3, 0.4) is 0 Å². The second-order valence-electron chi connectivity index (χ2n) is 5.62. The van der Waals surface area contributed by atoms with Crippen molar-refractivity contribution < 1.29 is 9.53 Å². The van der Waals surface area contributed by atoms with Crippen LogP contribution < -0.4 is 5.73 Å². The van der Waals surface area contributed by atoms with Crippen LogP contribution in [0.15, 0.2) is 12.7 Å². The van der Waals surface area contributed by atoms with Crippen molar-refractivity contribution in [2.45, 2.75) is 71.4 Å². The van der Waals surface area contributed by atoms with Gasteiger partial charge in [0.2, 0.25) is 0 Å². The van der Waals surface area contributed by atoms with Crippen molar-refractivity contribution in [3.8, 4) is 0 Å². The summed E-state index contributed by atoms with van der Waals surface area (Å²) in [6, 6.07) is 0. The summed E-state index contributed by atoms with van der Waals surface area (Å²) in [6.07, 6.45) is 6.84. The van der Waals surface area contributed by atoms with Gasteiger partial charge in [0.1, 0.15) is 6.10 Å². The Morgan fingerprint density at radius 1 is 1.39 bits per heavy atom. The fraction of sp³-hybridized carbons (Fsp3) is 0.800. The van der Waals surface area contributed by atoms with Crippen LogP contribution in [0.1, 0.15) is 59.8 Å². The van der Waals surface area contributed by atoms with Crippen molar-refractivity contribution in [2.24, 2.45) is 11.7 Å². The molecule has 0 amide bonds. The zero-order valence-electron chi connectivity index (χ0n) is 12.4. The van der Waals surface area contributed by atoms with Gasteiger partial charge in [0.15, 0.2) is 0 Å². The molecule has 0 heterocycles. The number of carbonyl (C=O) groups excluding carboxylic acids is 1. The molecular weight excluding hydrogens is 226 g/mol. The van der Waals surface area contributed by atoms with Crippen LogP contribution in [-0.2, 0) is 9.53 Å². The molecule has 0 aromatic carbocycles. The van der Waals surface area contributed by atoms with Crippen molar-refractivity contribution >= 4 is 5.97 Å². The smallest absolute Gasteiger partial charge is 0.330 e. The number of carbonyl (C=O) groups is 1. The molecule has 2 unspecified atom stereocenters. The summed E-state index contributed by atoms with van der Waals surface area (Å²) in [5, 5.41) is 0. The lowest BCUT2D eigenvalue weighted by Gasteiger charge is -2.34. The normalized spacial score (nSPS) is 14.9. The number of ether oxygens (including phenoxy) is 1. The predicted octanol–water partition coefficient (Wildman–Crippen LogP) is 3.43. The van der Waals surface area contributed by atoms with Crippen LogP contribution in [0, 0.1) is 5.92 Å². The molecular formula is C15H29NO2. The molecule has 0 aromatic rings. The van der Waals surface area contributed by atoms with Gasteiger partial charge in [-0.3, -0.25) is 0 Å². The van der Waals surface area contributed by atoms with E-state index in [2.05, 4.69) is 13.5 Å². The number of hydrogen-bond acceptors (Lipinski definition) is 3. The molecule has 18 heavy (non-hydrogen) atoms. The first-order valence-corrected chi connectivity index (χ1v) is 6.94. The number of rotatable bonds is 9. The Kier molecular flexibility index (Phi) is 7.92. The Bertz CT molecular complexity index is 256. The monoisotopic (exact) mass is 255 g/mol. The first kappa shape index (κ1) is 17.2. The standard InChI is InChI=1S/C15H29NO2/c1-6-8-9-10-11-13(15(4,5)16)12(3)18-14(17)7-2/h7,12-13H,2,6,8-11,16H2,1,3-5H3. The van der Waals surface area contributed by atoms with Crippen molar-refractivity contribution in [1.82, 2.24) is 0 Å². The Morgan fingerprint density at radius 2 is 2.00 bits per heavy atom. The zero-order valence-corrected chi connectivity index (χ0v) is 12.4. The molecule has 0 bridgehead atoms. The molecule has 106 valence electrons. The largest absolute Gasteiger partial charge is 0.459 e. The first-order chi connectivity index (χ1) is 8.32. The van der Waals surface area contributed by atoms with Gasteiger partial charge in [-0.15, -0.1) is 0 Å². The van der Waals surface area contributed by atoms with Crippen LogP contribution >= 0.6 is 0 Å². The highest BCUT2D eigenvalue weighted by molar-refractivity contribution is 5.81. The molecule has 0 aliphatic heterocycles. The van der Waals surface area contributed by atoms with Gasteiger partial charge in [-0.2, -0.15) is 0 Å². The minimum absolute atomic E-state index is 0.169. The topological polar surface area (TPSA) is 52.3 Å². The zero-order chi connectivity index (χ0) is 14.2. The molecule has 2 N–H and O–H groups in total. The van der Waals surface area contributed by atoms with E-state index in [-0.39, 0.29) is 23.5 Å².